The fourth-order valence-corrected chi connectivity index (χ4v) is 3.98. The minimum absolute atomic E-state index is 0.0720. The molecule has 3 aliphatic rings. The van der Waals surface area contributed by atoms with Crippen LogP contribution in [0.25, 0.3) is 0 Å². The number of nitrogens with zero attached hydrogens (tertiary/aromatic N) is 1. The van der Waals surface area contributed by atoms with Crippen LogP contribution in [-0.4, -0.2) is 23.1 Å². The van der Waals surface area contributed by atoms with Gasteiger partial charge in [-0.1, -0.05) is 24.3 Å². The van der Waals surface area contributed by atoms with Gasteiger partial charge in [-0.05, 0) is 32.4 Å². The summed E-state index contributed by atoms with van der Waals surface area (Å²) in [5.74, 6) is 0.205. The zero-order chi connectivity index (χ0) is 14.0. The van der Waals surface area contributed by atoms with Crippen LogP contribution < -0.4 is 5.32 Å². The molecule has 20 heavy (non-hydrogen) atoms. The first kappa shape index (κ1) is 11.9. The molecule has 0 unspecified atom stereocenters. The smallest absolute Gasteiger partial charge is 0.157 e. The molecule has 1 aromatic rings. The maximum atomic E-state index is 11.8. The van der Waals surface area contributed by atoms with Crippen molar-refractivity contribution in [2.75, 3.05) is 5.32 Å². The Kier molecular flexibility index (Phi) is 2.14. The molecule has 0 saturated heterocycles. The summed E-state index contributed by atoms with van der Waals surface area (Å²) in [5, 5.41) is 3.58. The van der Waals surface area contributed by atoms with Crippen LogP contribution in [0, 0.1) is 5.41 Å². The molecule has 3 nitrogen and oxygen atoms in total. The fourth-order valence-electron chi connectivity index (χ4n) is 3.98. The SMILES string of the molecule is CC1(C)C[C@@]23C=CC(=O)C[C@@H]2Nc2ccccc2C3=N1. The molecule has 2 atom stereocenters. The standard InChI is InChI=1S/C17H18N2O/c1-16(2)10-17-8-7-11(20)9-14(17)18-13-6-4-3-5-12(13)15(17)19-16/h3-8,14,18H,9-10H2,1-2H3/t14-,17-/m0/s1. The van der Waals surface area contributed by atoms with E-state index >= 15 is 0 Å². The molecule has 1 spiro atoms. The zero-order valence-electron chi connectivity index (χ0n) is 11.8. The van der Waals surface area contributed by atoms with Crippen LogP contribution in [0.3, 0.4) is 0 Å². The minimum Gasteiger partial charge on any atom is -0.380 e. The van der Waals surface area contributed by atoms with Crippen LogP contribution in [0.5, 0.6) is 0 Å². The average molecular weight is 266 g/mol. The first-order chi connectivity index (χ1) is 9.50. The minimum atomic E-state index is -0.119. The molecular weight excluding hydrogens is 248 g/mol. The van der Waals surface area contributed by atoms with E-state index in [0.717, 1.165) is 17.8 Å². The Morgan fingerprint density at radius 3 is 2.95 bits per heavy atom. The summed E-state index contributed by atoms with van der Waals surface area (Å²) in [6.07, 6.45) is 5.37. The Hall–Kier alpha value is -1.90. The van der Waals surface area contributed by atoms with Gasteiger partial charge >= 0.3 is 0 Å². The van der Waals surface area contributed by atoms with Gasteiger partial charge in [0.15, 0.2) is 5.78 Å². The Morgan fingerprint density at radius 2 is 2.10 bits per heavy atom. The number of aliphatic imine (C=N–C) groups is 1. The third-order valence-electron chi connectivity index (χ3n) is 4.69. The van der Waals surface area contributed by atoms with Crippen molar-refractivity contribution in [2.45, 2.75) is 38.3 Å². The van der Waals surface area contributed by atoms with Gasteiger partial charge < -0.3 is 5.32 Å². The summed E-state index contributed by atoms with van der Waals surface area (Å²) < 4.78 is 0. The van der Waals surface area contributed by atoms with E-state index in [1.807, 2.05) is 6.07 Å². The normalized spacial score (nSPS) is 32.8. The second-order valence-corrected chi connectivity index (χ2v) is 6.74. The van der Waals surface area contributed by atoms with Crippen LogP contribution in [0.4, 0.5) is 5.69 Å². The highest BCUT2D eigenvalue weighted by atomic mass is 16.1. The molecule has 0 amide bonds. The van der Waals surface area contributed by atoms with E-state index in [1.54, 1.807) is 6.08 Å². The number of para-hydroxylation sites is 1. The lowest BCUT2D eigenvalue weighted by atomic mass is 9.64. The molecule has 0 bridgehead atoms. The molecule has 0 fully saturated rings. The molecule has 0 radical (unpaired) electrons. The number of nitrogens with one attached hydrogen (secondary N) is 1. The van der Waals surface area contributed by atoms with E-state index in [9.17, 15) is 4.79 Å². The van der Waals surface area contributed by atoms with Gasteiger partial charge in [-0.25, -0.2) is 0 Å². The number of carbonyl (C=O) groups excluding carboxylic acids is 1. The molecule has 0 aromatic heterocycles. The number of ketones is 1. The maximum Gasteiger partial charge on any atom is 0.157 e. The summed E-state index contributed by atoms with van der Waals surface area (Å²) >= 11 is 0. The first-order valence-corrected chi connectivity index (χ1v) is 7.19. The number of hydrogen-bond donors (Lipinski definition) is 1. The van der Waals surface area contributed by atoms with Crippen molar-refractivity contribution in [3.05, 3.63) is 42.0 Å². The first-order valence-electron chi connectivity index (χ1n) is 7.19. The predicted molar refractivity (Wildman–Crippen MR) is 80.3 cm³/mol. The quantitative estimate of drug-likeness (QED) is 0.784. The summed E-state index contributed by atoms with van der Waals surface area (Å²) in [6.45, 7) is 4.36. The van der Waals surface area contributed by atoms with E-state index < -0.39 is 0 Å². The van der Waals surface area contributed by atoms with E-state index in [-0.39, 0.29) is 22.8 Å². The number of allylic oxidation sites excluding steroid dienone is 1. The van der Waals surface area contributed by atoms with Gasteiger partial charge in [-0.2, -0.15) is 0 Å². The summed E-state index contributed by atoms with van der Waals surface area (Å²) in [4.78, 5) is 16.8. The fraction of sp³-hybridized carbons (Fsp3) is 0.412. The Labute approximate surface area is 118 Å². The average Bonchev–Trinajstić information content (AvgIpc) is 2.68. The van der Waals surface area contributed by atoms with Gasteiger partial charge in [0.1, 0.15) is 0 Å². The third-order valence-corrected chi connectivity index (χ3v) is 4.69. The second-order valence-electron chi connectivity index (χ2n) is 6.74. The molecule has 102 valence electrons. The van der Waals surface area contributed by atoms with Crippen molar-refractivity contribution in [2.24, 2.45) is 10.4 Å². The largest absolute Gasteiger partial charge is 0.380 e. The van der Waals surface area contributed by atoms with Crippen molar-refractivity contribution < 1.29 is 4.79 Å². The monoisotopic (exact) mass is 266 g/mol. The molecule has 1 aromatic carbocycles. The van der Waals surface area contributed by atoms with Crippen LogP contribution in [0.1, 0.15) is 32.3 Å². The second kappa shape index (κ2) is 3.60. The van der Waals surface area contributed by atoms with E-state index in [1.165, 1.54) is 5.56 Å². The highest BCUT2D eigenvalue weighted by molar-refractivity contribution is 6.15. The molecule has 4 rings (SSSR count). The van der Waals surface area contributed by atoms with Crippen molar-refractivity contribution in [1.29, 1.82) is 0 Å². The van der Waals surface area contributed by atoms with Gasteiger partial charge in [0.2, 0.25) is 0 Å². The number of benzene rings is 1. The molecule has 0 saturated carbocycles. The van der Waals surface area contributed by atoms with Crippen LogP contribution in [0.2, 0.25) is 0 Å². The Morgan fingerprint density at radius 1 is 1.30 bits per heavy atom. The number of carbonyl (C=O) groups is 1. The van der Waals surface area contributed by atoms with Gasteiger partial charge in [-0.3, -0.25) is 9.79 Å². The summed E-state index contributed by atoms with van der Waals surface area (Å²) in [5.41, 5.74) is 3.26. The van der Waals surface area contributed by atoms with Crippen LogP contribution in [-0.2, 0) is 4.79 Å². The van der Waals surface area contributed by atoms with Crippen molar-refractivity contribution >= 4 is 17.2 Å². The molecule has 3 heteroatoms. The van der Waals surface area contributed by atoms with E-state index in [2.05, 4.69) is 43.4 Å². The van der Waals surface area contributed by atoms with Gasteiger partial charge in [0.25, 0.3) is 0 Å². The predicted octanol–water partition coefficient (Wildman–Crippen LogP) is 2.97. The molecule has 2 aliphatic heterocycles. The van der Waals surface area contributed by atoms with E-state index in [4.69, 9.17) is 4.99 Å². The van der Waals surface area contributed by atoms with Gasteiger partial charge in [0, 0.05) is 23.7 Å². The number of hydrogen-bond acceptors (Lipinski definition) is 3. The third kappa shape index (κ3) is 1.46. The lowest BCUT2D eigenvalue weighted by molar-refractivity contribution is -0.115. The van der Waals surface area contributed by atoms with Crippen molar-refractivity contribution in [3.63, 3.8) is 0 Å². The Balaban J connectivity index is 1.97. The number of rotatable bonds is 0. The zero-order valence-corrected chi connectivity index (χ0v) is 11.8. The lowest BCUT2D eigenvalue weighted by Crippen LogP contribution is -2.51. The summed E-state index contributed by atoms with van der Waals surface area (Å²) in [6, 6.07) is 8.43. The molecular formula is C17H18N2O. The highest BCUT2D eigenvalue weighted by Gasteiger charge is 2.54. The number of fused-ring (bicyclic) bond motifs is 2. The van der Waals surface area contributed by atoms with Crippen LogP contribution in [0.15, 0.2) is 41.4 Å². The molecule has 1 aliphatic carbocycles. The maximum absolute atomic E-state index is 11.8. The van der Waals surface area contributed by atoms with Crippen molar-refractivity contribution in [3.8, 4) is 0 Å². The topological polar surface area (TPSA) is 41.5 Å². The van der Waals surface area contributed by atoms with Crippen molar-refractivity contribution in [1.82, 2.24) is 0 Å². The van der Waals surface area contributed by atoms with E-state index in [0.29, 0.717) is 6.42 Å². The highest BCUT2D eigenvalue weighted by Crippen LogP contribution is 2.51. The number of anilines is 1. The van der Waals surface area contributed by atoms with Gasteiger partial charge in [0.05, 0.1) is 16.7 Å². The molecule has 2 heterocycles. The van der Waals surface area contributed by atoms with Gasteiger partial charge in [-0.15, -0.1) is 0 Å². The van der Waals surface area contributed by atoms with Crippen LogP contribution >= 0.6 is 0 Å². The summed E-state index contributed by atoms with van der Waals surface area (Å²) in [7, 11) is 0. The Bertz CT molecular complexity index is 671. The molecule has 1 N–H and O–H groups in total. The lowest BCUT2D eigenvalue weighted by Gasteiger charge is -2.44.